The lowest BCUT2D eigenvalue weighted by atomic mass is 9.94. The Kier molecular flexibility index (Phi) is 4.44. The minimum absolute atomic E-state index is 0.0114. The van der Waals surface area contributed by atoms with Crippen molar-refractivity contribution in [1.29, 1.82) is 0 Å². The van der Waals surface area contributed by atoms with Crippen LogP contribution in [0.1, 0.15) is 20.3 Å². The molecular weight excluding hydrogens is 258 g/mol. The van der Waals surface area contributed by atoms with Gasteiger partial charge in [-0.1, -0.05) is 6.92 Å². The molecule has 1 aromatic rings. The Morgan fingerprint density at radius 3 is 2.90 bits per heavy atom. The topological polar surface area (TPSA) is 81.6 Å². The molecule has 2 N–H and O–H groups in total. The van der Waals surface area contributed by atoms with Gasteiger partial charge < -0.3 is 15.4 Å². The fourth-order valence-corrected chi connectivity index (χ4v) is 2.52. The summed E-state index contributed by atoms with van der Waals surface area (Å²) >= 11 is 0. The average Bonchev–Trinajstić information content (AvgIpc) is 2.42. The van der Waals surface area contributed by atoms with E-state index in [1.54, 1.807) is 12.1 Å². The van der Waals surface area contributed by atoms with Crippen LogP contribution < -0.4 is 15.4 Å². The van der Waals surface area contributed by atoms with Crippen LogP contribution in [0.2, 0.25) is 0 Å². The molecule has 1 aliphatic heterocycles. The molecule has 1 aromatic carbocycles. The van der Waals surface area contributed by atoms with Crippen molar-refractivity contribution < 1.29 is 9.66 Å². The van der Waals surface area contributed by atoms with Crippen molar-refractivity contribution in [1.82, 2.24) is 0 Å². The standard InChI is InChI=1S/C14H21N3O3/c1-3-20-14-8-11(4-5-13(14)17(18)19)16-7-6-12(15)10(2)9-16/h4-5,8,10,12H,3,6-7,9,15H2,1-2H3. The molecule has 0 radical (unpaired) electrons. The van der Waals surface area contributed by atoms with Crippen LogP contribution in [0.4, 0.5) is 11.4 Å². The number of rotatable bonds is 4. The normalized spacial score (nSPS) is 22.6. The summed E-state index contributed by atoms with van der Waals surface area (Å²) in [7, 11) is 0. The number of piperidine rings is 1. The van der Waals surface area contributed by atoms with Crippen molar-refractivity contribution in [3.8, 4) is 5.75 Å². The largest absolute Gasteiger partial charge is 0.487 e. The Morgan fingerprint density at radius 2 is 2.30 bits per heavy atom. The molecule has 0 aliphatic carbocycles. The molecular formula is C14H21N3O3. The highest BCUT2D eigenvalue weighted by Gasteiger charge is 2.25. The highest BCUT2D eigenvalue weighted by molar-refractivity contribution is 5.59. The minimum atomic E-state index is -0.413. The first-order chi connectivity index (χ1) is 9.52. The molecule has 2 rings (SSSR count). The van der Waals surface area contributed by atoms with Crippen molar-refractivity contribution >= 4 is 11.4 Å². The van der Waals surface area contributed by atoms with Crippen LogP contribution in [0, 0.1) is 16.0 Å². The van der Waals surface area contributed by atoms with Crippen molar-refractivity contribution in [2.45, 2.75) is 26.3 Å². The van der Waals surface area contributed by atoms with Gasteiger partial charge in [0, 0.05) is 37.0 Å². The Morgan fingerprint density at radius 1 is 1.55 bits per heavy atom. The molecule has 0 bridgehead atoms. The van der Waals surface area contributed by atoms with Crippen LogP contribution in [0.25, 0.3) is 0 Å². The summed E-state index contributed by atoms with van der Waals surface area (Å²) in [6, 6.07) is 5.28. The second-order valence-corrected chi connectivity index (χ2v) is 5.22. The SMILES string of the molecule is CCOc1cc(N2CCC(N)C(C)C2)ccc1[N+](=O)[O-]. The zero-order valence-electron chi connectivity index (χ0n) is 11.9. The summed E-state index contributed by atoms with van der Waals surface area (Å²) in [5.74, 6) is 0.743. The maximum Gasteiger partial charge on any atom is 0.311 e. The number of nitro groups is 1. The van der Waals surface area contributed by atoms with E-state index in [4.69, 9.17) is 10.5 Å². The van der Waals surface area contributed by atoms with Gasteiger partial charge in [-0.15, -0.1) is 0 Å². The number of hydrogen-bond acceptors (Lipinski definition) is 5. The Bertz CT molecular complexity index is 493. The van der Waals surface area contributed by atoms with E-state index in [2.05, 4.69) is 11.8 Å². The van der Waals surface area contributed by atoms with E-state index in [9.17, 15) is 10.1 Å². The summed E-state index contributed by atoms with van der Waals surface area (Å²) in [6.07, 6.45) is 0.933. The molecule has 6 nitrogen and oxygen atoms in total. The summed E-state index contributed by atoms with van der Waals surface area (Å²) in [4.78, 5) is 12.8. The van der Waals surface area contributed by atoms with E-state index in [-0.39, 0.29) is 11.7 Å². The van der Waals surface area contributed by atoms with E-state index in [1.807, 2.05) is 6.92 Å². The third kappa shape index (κ3) is 3.01. The predicted molar refractivity (Wildman–Crippen MR) is 78.2 cm³/mol. The lowest BCUT2D eigenvalue weighted by Gasteiger charge is -2.36. The fourth-order valence-electron chi connectivity index (χ4n) is 2.52. The number of nitrogens with two attached hydrogens (primary N) is 1. The van der Waals surface area contributed by atoms with Crippen LogP contribution in [-0.2, 0) is 0 Å². The van der Waals surface area contributed by atoms with Gasteiger partial charge in [-0.3, -0.25) is 10.1 Å². The molecule has 6 heteroatoms. The molecule has 0 amide bonds. The van der Waals surface area contributed by atoms with E-state index >= 15 is 0 Å². The van der Waals surface area contributed by atoms with Crippen molar-refractivity contribution in [2.75, 3.05) is 24.6 Å². The van der Waals surface area contributed by atoms with Gasteiger partial charge in [0.05, 0.1) is 11.5 Å². The zero-order valence-corrected chi connectivity index (χ0v) is 11.9. The van der Waals surface area contributed by atoms with Gasteiger partial charge in [0.25, 0.3) is 0 Å². The predicted octanol–water partition coefficient (Wildman–Crippen LogP) is 2.17. The summed E-state index contributed by atoms with van der Waals surface area (Å²) in [6.45, 7) is 6.09. The molecule has 1 heterocycles. The number of ether oxygens (including phenoxy) is 1. The van der Waals surface area contributed by atoms with Gasteiger partial charge in [0.2, 0.25) is 0 Å². The first kappa shape index (κ1) is 14.6. The van der Waals surface area contributed by atoms with Gasteiger partial charge in [-0.2, -0.15) is 0 Å². The molecule has 0 saturated carbocycles. The van der Waals surface area contributed by atoms with Crippen LogP contribution in [-0.4, -0.2) is 30.7 Å². The molecule has 2 atom stereocenters. The molecule has 2 unspecified atom stereocenters. The Hall–Kier alpha value is -1.82. The number of nitrogens with zero attached hydrogens (tertiary/aromatic N) is 2. The van der Waals surface area contributed by atoms with Crippen molar-refractivity contribution in [3.05, 3.63) is 28.3 Å². The molecule has 1 fully saturated rings. The van der Waals surface area contributed by atoms with Crippen molar-refractivity contribution in [3.63, 3.8) is 0 Å². The van der Waals surface area contributed by atoms with E-state index in [1.165, 1.54) is 6.07 Å². The highest BCUT2D eigenvalue weighted by Crippen LogP contribution is 2.33. The molecule has 110 valence electrons. The smallest absolute Gasteiger partial charge is 0.311 e. The molecule has 0 spiro atoms. The first-order valence-electron chi connectivity index (χ1n) is 6.94. The van der Waals surface area contributed by atoms with Crippen LogP contribution in [0.15, 0.2) is 18.2 Å². The monoisotopic (exact) mass is 279 g/mol. The van der Waals surface area contributed by atoms with Crippen LogP contribution in [0.3, 0.4) is 0 Å². The van der Waals surface area contributed by atoms with Gasteiger partial charge in [0.1, 0.15) is 0 Å². The lowest BCUT2D eigenvalue weighted by molar-refractivity contribution is -0.385. The van der Waals surface area contributed by atoms with E-state index in [0.717, 1.165) is 25.2 Å². The Labute approximate surface area is 118 Å². The summed E-state index contributed by atoms with van der Waals surface area (Å²) in [5.41, 5.74) is 6.99. The quantitative estimate of drug-likeness (QED) is 0.674. The third-order valence-corrected chi connectivity index (χ3v) is 3.78. The molecule has 1 aliphatic rings. The average molecular weight is 279 g/mol. The second kappa shape index (κ2) is 6.09. The third-order valence-electron chi connectivity index (χ3n) is 3.78. The number of benzene rings is 1. The van der Waals surface area contributed by atoms with Gasteiger partial charge >= 0.3 is 5.69 Å². The lowest BCUT2D eigenvalue weighted by Crippen LogP contribution is -2.45. The highest BCUT2D eigenvalue weighted by atomic mass is 16.6. The molecule has 20 heavy (non-hydrogen) atoms. The maximum atomic E-state index is 11.0. The number of anilines is 1. The fraction of sp³-hybridized carbons (Fsp3) is 0.571. The van der Waals surface area contributed by atoms with Crippen molar-refractivity contribution in [2.24, 2.45) is 11.7 Å². The minimum Gasteiger partial charge on any atom is -0.487 e. The van der Waals surface area contributed by atoms with Gasteiger partial charge in [0.15, 0.2) is 5.75 Å². The zero-order chi connectivity index (χ0) is 14.7. The summed E-state index contributed by atoms with van der Waals surface area (Å²) < 4.78 is 5.38. The molecule has 1 saturated heterocycles. The second-order valence-electron chi connectivity index (χ2n) is 5.22. The van der Waals surface area contributed by atoms with Gasteiger partial charge in [-0.25, -0.2) is 0 Å². The van der Waals surface area contributed by atoms with Crippen LogP contribution >= 0.6 is 0 Å². The van der Waals surface area contributed by atoms with Gasteiger partial charge in [-0.05, 0) is 25.3 Å². The van der Waals surface area contributed by atoms with Crippen LogP contribution in [0.5, 0.6) is 5.75 Å². The maximum absolute atomic E-state index is 11.0. The number of nitro benzene ring substituents is 1. The number of hydrogen-bond donors (Lipinski definition) is 1. The first-order valence-corrected chi connectivity index (χ1v) is 6.94. The Balaban J connectivity index is 2.24. The summed E-state index contributed by atoms with van der Waals surface area (Å²) in [5, 5.41) is 11.0. The van der Waals surface area contributed by atoms with E-state index in [0.29, 0.717) is 18.3 Å². The van der Waals surface area contributed by atoms with E-state index < -0.39 is 4.92 Å². The molecule has 0 aromatic heterocycles.